The van der Waals surface area contributed by atoms with Crippen LogP contribution in [0, 0.1) is 0 Å². The summed E-state index contributed by atoms with van der Waals surface area (Å²) in [5.74, 6) is -9.21. The number of carboxylic acid groups (broad SMARTS) is 5. The molecule has 14 heteroatoms. The molecule has 0 aromatic heterocycles. The van der Waals surface area contributed by atoms with E-state index in [1.54, 1.807) is 18.2 Å². The maximum absolute atomic E-state index is 12.5. The molecule has 0 aromatic carbocycles. The zero-order valence-electron chi connectivity index (χ0n) is 19.1. The number of hydrogen-bond donors (Lipinski definition) is 5. The molecule has 0 aliphatic carbocycles. The second-order valence-corrected chi connectivity index (χ2v) is 8.11. The Morgan fingerprint density at radius 1 is 0.487 bits per heavy atom. The average Bonchev–Trinajstić information content (AvgIpc) is 3.60. The van der Waals surface area contributed by atoms with E-state index in [4.69, 9.17) is 0 Å². The van der Waals surface area contributed by atoms with Gasteiger partial charge in [-0.05, 0) is 42.5 Å². The Morgan fingerprint density at radius 2 is 1.00 bits per heavy atom. The van der Waals surface area contributed by atoms with Crippen LogP contribution in [0.1, 0.15) is 0 Å². The van der Waals surface area contributed by atoms with Gasteiger partial charge in [0.2, 0.25) is 0 Å². The normalized spacial score (nSPS) is 19.3. The van der Waals surface area contributed by atoms with Gasteiger partial charge in [0.15, 0.2) is 0 Å². The molecule has 5 aliphatic heterocycles. The standard InChI is InChI=1S/C25H12N4O10/c30-21(31)14-12-6-10-3-1-8(26-10)5-9-2-4-11(27-9)7-13-15(22(32)33)17(24(36)37)20(29-13)18(25(38)39)19(28-12)16(14)23(34)35/h1-7H,(H,30,31)(H,32,33)(H,34,35)(H,36,37)(H,38,39). The maximum atomic E-state index is 12.5. The fourth-order valence-corrected chi connectivity index (χ4v) is 4.23. The third-order valence-corrected chi connectivity index (χ3v) is 5.72. The van der Waals surface area contributed by atoms with Crippen LogP contribution >= 0.6 is 0 Å². The third kappa shape index (κ3) is 4.07. The van der Waals surface area contributed by atoms with Crippen molar-refractivity contribution in [2.24, 2.45) is 20.0 Å². The number of carbonyl (C=O) groups is 5. The van der Waals surface area contributed by atoms with Crippen molar-refractivity contribution in [1.29, 1.82) is 0 Å². The van der Waals surface area contributed by atoms with Crippen molar-refractivity contribution in [3.63, 3.8) is 0 Å². The van der Waals surface area contributed by atoms with Crippen molar-refractivity contribution in [2.45, 2.75) is 0 Å². The van der Waals surface area contributed by atoms with E-state index in [0.717, 1.165) is 12.2 Å². The number of allylic oxidation sites excluding steroid dienone is 7. The lowest BCUT2D eigenvalue weighted by atomic mass is 9.94. The van der Waals surface area contributed by atoms with Gasteiger partial charge in [-0.15, -0.1) is 0 Å². The van der Waals surface area contributed by atoms with E-state index in [0.29, 0.717) is 11.4 Å². The predicted molar refractivity (Wildman–Crippen MR) is 132 cm³/mol. The van der Waals surface area contributed by atoms with Gasteiger partial charge >= 0.3 is 29.8 Å². The van der Waals surface area contributed by atoms with Crippen LogP contribution in [0.2, 0.25) is 0 Å². The molecule has 39 heavy (non-hydrogen) atoms. The van der Waals surface area contributed by atoms with Crippen molar-refractivity contribution in [2.75, 3.05) is 0 Å². The van der Waals surface area contributed by atoms with Crippen LogP contribution in [0.15, 0.2) is 113 Å². The van der Waals surface area contributed by atoms with E-state index in [2.05, 4.69) is 20.0 Å². The molecule has 0 radical (unpaired) electrons. The van der Waals surface area contributed by atoms with Crippen LogP contribution in [0.3, 0.4) is 0 Å². The Labute approximate surface area is 215 Å². The minimum atomic E-state index is -1.93. The second kappa shape index (κ2) is 8.81. The van der Waals surface area contributed by atoms with Gasteiger partial charge in [-0.25, -0.2) is 43.9 Å². The lowest BCUT2D eigenvalue weighted by molar-refractivity contribution is -0.135. The Hall–Kier alpha value is -6.05. The Balaban J connectivity index is 1.95. The zero-order valence-corrected chi connectivity index (χ0v) is 19.1. The molecule has 0 spiro atoms. The summed E-state index contributed by atoms with van der Waals surface area (Å²) in [5.41, 5.74) is -6.76. The Morgan fingerprint density at radius 3 is 1.54 bits per heavy atom. The molecule has 5 heterocycles. The molecule has 0 amide bonds. The van der Waals surface area contributed by atoms with Gasteiger partial charge < -0.3 is 25.5 Å². The number of rotatable bonds is 5. The number of aliphatic carboxylic acids is 5. The fourth-order valence-electron chi connectivity index (χ4n) is 4.23. The summed E-state index contributed by atoms with van der Waals surface area (Å²) in [4.78, 5) is 77.6. The lowest BCUT2D eigenvalue weighted by Gasteiger charge is -2.08. The average molecular weight is 528 g/mol. The summed E-state index contributed by atoms with van der Waals surface area (Å²) < 4.78 is 0. The van der Waals surface area contributed by atoms with E-state index < -0.39 is 80.5 Å². The van der Waals surface area contributed by atoms with Gasteiger partial charge in [0.25, 0.3) is 0 Å². The molecule has 0 unspecified atom stereocenters. The SMILES string of the molecule is O=C(O)C1=C2N=C(C=C3C=CC(=N3)C=C3C=CC(=N3)C=C3N=C1C(C(=O)O)=C3C(=O)O)C(C(=O)O)=C2C(=O)O. The number of hydrogen-bond acceptors (Lipinski definition) is 9. The van der Waals surface area contributed by atoms with Gasteiger partial charge in [0.1, 0.15) is 27.9 Å². The van der Waals surface area contributed by atoms with Gasteiger partial charge in [-0.3, -0.25) is 0 Å². The first-order chi connectivity index (χ1) is 18.5. The molecule has 192 valence electrons. The third-order valence-electron chi connectivity index (χ3n) is 5.72. The molecule has 0 saturated carbocycles. The maximum Gasteiger partial charge on any atom is 0.340 e. The van der Waals surface area contributed by atoms with Crippen molar-refractivity contribution < 1.29 is 49.5 Å². The summed E-state index contributed by atoms with van der Waals surface area (Å²) in [6, 6.07) is 0. The summed E-state index contributed by atoms with van der Waals surface area (Å²) in [6.07, 6.45) is 9.86. The van der Waals surface area contributed by atoms with Crippen molar-refractivity contribution in [1.82, 2.24) is 0 Å². The highest BCUT2D eigenvalue weighted by atomic mass is 16.4. The molecule has 5 N–H and O–H groups in total. The summed E-state index contributed by atoms with van der Waals surface area (Å²) in [6.45, 7) is 0. The van der Waals surface area contributed by atoms with Gasteiger partial charge in [-0.1, -0.05) is 0 Å². The lowest BCUT2D eigenvalue weighted by Crippen LogP contribution is -2.22. The summed E-state index contributed by atoms with van der Waals surface area (Å²) >= 11 is 0. The molecular formula is C25H12N4O10. The molecular weight excluding hydrogens is 516 g/mol. The van der Waals surface area contributed by atoms with Crippen molar-refractivity contribution in [3.8, 4) is 0 Å². The van der Waals surface area contributed by atoms with Crippen molar-refractivity contribution >= 4 is 52.7 Å². The summed E-state index contributed by atoms with van der Waals surface area (Å²) in [5, 5.41) is 49.5. The minimum absolute atomic E-state index is 0.153. The smallest absolute Gasteiger partial charge is 0.340 e. The Bertz CT molecular complexity index is 1760. The monoisotopic (exact) mass is 528 g/mol. The first kappa shape index (κ1) is 24.6. The number of fused-ring (bicyclic) bond motifs is 4. The molecule has 14 nitrogen and oxygen atoms in total. The number of aliphatic imine (C=N–C) groups is 4. The first-order valence-electron chi connectivity index (χ1n) is 10.7. The van der Waals surface area contributed by atoms with E-state index in [9.17, 15) is 49.5 Å². The molecule has 0 fully saturated rings. The highest BCUT2D eigenvalue weighted by molar-refractivity contribution is 6.40. The van der Waals surface area contributed by atoms with Crippen LogP contribution in [0.25, 0.3) is 0 Å². The topological polar surface area (TPSA) is 236 Å². The fraction of sp³-hybridized carbons (Fsp3) is 0. The largest absolute Gasteiger partial charge is 0.478 e. The van der Waals surface area contributed by atoms with Gasteiger partial charge in [0.05, 0.1) is 45.6 Å². The molecule has 8 bridgehead atoms. The number of nitrogens with zero attached hydrogens (tertiary/aromatic N) is 4. The predicted octanol–water partition coefficient (Wildman–Crippen LogP) is 0.853. The molecule has 0 atom stereocenters. The van der Waals surface area contributed by atoms with Crippen LogP contribution in [0.5, 0.6) is 0 Å². The zero-order chi connectivity index (χ0) is 28.2. The van der Waals surface area contributed by atoms with E-state index >= 15 is 0 Å². The van der Waals surface area contributed by atoms with E-state index in [1.165, 1.54) is 12.2 Å². The molecule has 5 aliphatic rings. The minimum Gasteiger partial charge on any atom is -0.478 e. The van der Waals surface area contributed by atoms with Crippen LogP contribution in [0.4, 0.5) is 0 Å². The Kier molecular flexibility index (Phi) is 5.56. The van der Waals surface area contributed by atoms with Crippen LogP contribution < -0.4 is 0 Å². The second-order valence-electron chi connectivity index (χ2n) is 8.11. The highest BCUT2D eigenvalue weighted by Crippen LogP contribution is 2.36. The van der Waals surface area contributed by atoms with Gasteiger partial charge in [0, 0.05) is 0 Å². The molecule has 0 aromatic rings. The van der Waals surface area contributed by atoms with Crippen molar-refractivity contribution in [3.05, 3.63) is 93.2 Å². The number of carboxylic acids is 5. The molecule has 5 rings (SSSR count). The van der Waals surface area contributed by atoms with Crippen LogP contribution in [-0.4, -0.2) is 78.2 Å². The highest BCUT2D eigenvalue weighted by Gasteiger charge is 2.42. The van der Waals surface area contributed by atoms with E-state index in [-0.39, 0.29) is 11.4 Å². The van der Waals surface area contributed by atoms with E-state index in [1.807, 2.05) is 0 Å². The summed E-state index contributed by atoms with van der Waals surface area (Å²) in [7, 11) is 0. The quantitative estimate of drug-likeness (QED) is 0.337. The van der Waals surface area contributed by atoms with Crippen LogP contribution in [-0.2, 0) is 24.0 Å². The van der Waals surface area contributed by atoms with Gasteiger partial charge in [-0.2, -0.15) is 0 Å². The molecule has 0 saturated heterocycles. The first-order valence-corrected chi connectivity index (χ1v) is 10.7.